The molecular formula is C25H34N4O3. The zero-order valence-electron chi connectivity index (χ0n) is 19.7. The molecule has 32 heavy (non-hydrogen) atoms. The van der Waals surface area contributed by atoms with Gasteiger partial charge in [-0.3, -0.25) is 19.3 Å². The van der Waals surface area contributed by atoms with E-state index < -0.39 is 0 Å². The minimum absolute atomic E-state index is 0.0413. The second kappa shape index (κ2) is 12.0. The summed E-state index contributed by atoms with van der Waals surface area (Å²) in [7, 11) is 0. The van der Waals surface area contributed by atoms with Crippen molar-refractivity contribution in [1.82, 2.24) is 10.2 Å². The van der Waals surface area contributed by atoms with E-state index in [4.69, 9.17) is 0 Å². The van der Waals surface area contributed by atoms with Gasteiger partial charge in [0.25, 0.3) is 0 Å². The smallest absolute Gasteiger partial charge is 0.238 e. The van der Waals surface area contributed by atoms with Crippen LogP contribution in [0.2, 0.25) is 0 Å². The van der Waals surface area contributed by atoms with Crippen LogP contribution in [-0.4, -0.2) is 48.8 Å². The van der Waals surface area contributed by atoms with Gasteiger partial charge in [0.05, 0.1) is 19.6 Å². The summed E-state index contributed by atoms with van der Waals surface area (Å²) in [4.78, 5) is 39.4. The lowest BCUT2D eigenvalue weighted by Crippen LogP contribution is -2.44. The molecule has 0 fully saturated rings. The lowest BCUT2D eigenvalue weighted by atomic mass is 10.1. The van der Waals surface area contributed by atoms with Crippen LogP contribution >= 0.6 is 0 Å². The second-order valence-corrected chi connectivity index (χ2v) is 8.13. The van der Waals surface area contributed by atoms with Gasteiger partial charge in [-0.15, -0.1) is 0 Å². The first kappa shape index (κ1) is 25.1. The SMILES string of the molecule is CCCNC(=O)CN(CC(=O)Nc1c(C)cccc1C)CC(=O)Nc1c(C)cccc1C. The molecule has 0 aliphatic heterocycles. The van der Waals surface area contributed by atoms with Crippen molar-refractivity contribution in [3.05, 3.63) is 58.7 Å². The third-order valence-corrected chi connectivity index (χ3v) is 5.16. The molecule has 3 N–H and O–H groups in total. The number of hydrogen-bond donors (Lipinski definition) is 3. The van der Waals surface area contributed by atoms with E-state index in [1.165, 1.54) is 0 Å². The van der Waals surface area contributed by atoms with Crippen molar-refractivity contribution in [3.8, 4) is 0 Å². The average molecular weight is 439 g/mol. The van der Waals surface area contributed by atoms with Gasteiger partial charge >= 0.3 is 0 Å². The topological polar surface area (TPSA) is 90.5 Å². The molecule has 0 saturated carbocycles. The third-order valence-electron chi connectivity index (χ3n) is 5.16. The van der Waals surface area contributed by atoms with E-state index in [-0.39, 0.29) is 37.4 Å². The summed E-state index contributed by atoms with van der Waals surface area (Å²) in [6.07, 6.45) is 0.811. The number of nitrogens with zero attached hydrogens (tertiary/aromatic N) is 1. The first-order chi connectivity index (χ1) is 15.2. The predicted molar refractivity (Wildman–Crippen MR) is 129 cm³/mol. The van der Waals surface area contributed by atoms with E-state index in [9.17, 15) is 14.4 Å². The summed E-state index contributed by atoms with van der Waals surface area (Å²) >= 11 is 0. The van der Waals surface area contributed by atoms with E-state index in [1.807, 2.05) is 71.0 Å². The third kappa shape index (κ3) is 7.50. The van der Waals surface area contributed by atoms with Crippen molar-refractivity contribution in [2.75, 3.05) is 36.8 Å². The second-order valence-electron chi connectivity index (χ2n) is 8.13. The maximum atomic E-state index is 12.8. The van der Waals surface area contributed by atoms with Crippen LogP contribution in [-0.2, 0) is 14.4 Å². The Balaban J connectivity index is 2.10. The Bertz CT molecular complexity index is 864. The number of anilines is 2. The Kier molecular flexibility index (Phi) is 9.40. The molecule has 2 aromatic rings. The molecule has 3 amide bonds. The number of amides is 3. The van der Waals surface area contributed by atoms with Gasteiger partial charge in [0.2, 0.25) is 17.7 Å². The number of nitrogens with one attached hydrogen (secondary N) is 3. The number of hydrogen-bond acceptors (Lipinski definition) is 4. The fraction of sp³-hybridized carbons (Fsp3) is 0.400. The summed E-state index contributed by atoms with van der Waals surface area (Å²) in [6, 6.07) is 11.6. The number of aryl methyl sites for hydroxylation is 4. The van der Waals surface area contributed by atoms with Gasteiger partial charge in [0.1, 0.15) is 0 Å². The monoisotopic (exact) mass is 438 g/mol. The summed E-state index contributed by atoms with van der Waals surface area (Å²) in [5.74, 6) is -0.761. The first-order valence-corrected chi connectivity index (χ1v) is 10.9. The van der Waals surface area contributed by atoms with E-state index in [0.29, 0.717) is 6.54 Å². The number of para-hydroxylation sites is 2. The minimum atomic E-state index is -0.273. The summed E-state index contributed by atoms with van der Waals surface area (Å²) < 4.78 is 0. The minimum Gasteiger partial charge on any atom is -0.355 e. The molecule has 0 aromatic heterocycles. The normalized spacial score (nSPS) is 10.7. The Morgan fingerprint density at radius 3 is 1.44 bits per heavy atom. The molecule has 0 saturated heterocycles. The van der Waals surface area contributed by atoms with E-state index >= 15 is 0 Å². The van der Waals surface area contributed by atoms with Crippen LogP contribution in [0.15, 0.2) is 36.4 Å². The number of rotatable bonds is 10. The molecule has 172 valence electrons. The van der Waals surface area contributed by atoms with Gasteiger partial charge in [-0.1, -0.05) is 43.3 Å². The van der Waals surface area contributed by atoms with Crippen LogP contribution in [0.3, 0.4) is 0 Å². The fourth-order valence-electron chi connectivity index (χ4n) is 3.48. The summed E-state index contributed by atoms with van der Waals surface area (Å²) in [5, 5.41) is 8.65. The standard InChI is InChI=1S/C25H34N4O3/c1-6-13-26-21(30)14-29(15-22(31)27-24-17(2)9-7-10-18(24)3)16-23(32)28-25-19(4)11-8-12-20(25)5/h7-12H,6,13-16H2,1-5H3,(H,26,30)(H,27,31)(H,28,32). The molecule has 0 radical (unpaired) electrons. The highest BCUT2D eigenvalue weighted by Crippen LogP contribution is 2.20. The van der Waals surface area contributed by atoms with Crippen LogP contribution in [0.25, 0.3) is 0 Å². The average Bonchev–Trinajstić information content (AvgIpc) is 2.72. The number of carbonyl (C=O) groups is 3. The lowest BCUT2D eigenvalue weighted by molar-refractivity contribution is -0.124. The molecule has 0 aliphatic rings. The van der Waals surface area contributed by atoms with Gasteiger partial charge in [0.15, 0.2) is 0 Å². The number of benzene rings is 2. The van der Waals surface area contributed by atoms with Crippen LogP contribution < -0.4 is 16.0 Å². The zero-order valence-corrected chi connectivity index (χ0v) is 19.7. The Morgan fingerprint density at radius 1 is 0.688 bits per heavy atom. The molecule has 2 rings (SSSR count). The van der Waals surface area contributed by atoms with Gasteiger partial charge in [-0.05, 0) is 56.4 Å². The van der Waals surface area contributed by atoms with Gasteiger partial charge in [-0.2, -0.15) is 0 Å². The molecule has 0 unspecified atom stereocenters. The highest BCUT2D eigenvalue weighted by atomic mass is 16.2. The molecule has 7 heteroatoms. The zero-order chi connectivity index (χ0) is 23.7. The molecule has 0 bridgehead atoms. The molecule has 7 nitrogen and oxygen atoms in total. The van der Waals surface area contributed by atoms with Crippen molar-refractivity contribution in [2.24, 2.45) is 0 Å². The highest BCUT2D eigenvalue weighted by Gasteiger charge is 2.19. The highest BCUT2D eigenvalue weighted by molar-refractivity contribution is 5.96. The Morgan fingerprint density at radius 2 is 1.06 bits per heavy atom. The van der Waals surface area contributed by atoms with Crippen LogP contribution in [0.4, 0.5) is 11.4 Å². The van der Waals surface area contributed by atoms with Gasteiger partial charge < -0.3 is 16.0 Å². The molecule has 0 spiro atoms. The van der Waals surface area contributed by atoms with Crippen molar-refractivity contribution in [1.29, 1.82) is 0 Å². The Labute approximate surface area is 190 Å². The van der Waals surface area contributed by atoms with Crippen molar-refractivity contribution in [3.63, 3.8) is 0 Å². The fourth-order valence-corrected chi connectivity index (χ4v) is 3.48. The van der Waals surface area contributed by atoms with Crippen LogP contribution in [0.5, 0.6) is 0 Å². The summed E-state index contributed by atoms with van der Waals surface area (Å²) in [6.45, 7) is 10.0. The van der Waals surface area contributed by atoms with Crippen LogP contribution in [0.1, 0.15) is 35.6 Å². The first-order valence-electron chi connectivity index (χ1n) is 10.9. The maximum absolute atomic E-state index is 12.8. The van der Waals surface area contributed by atoms with Crippen molar-refractivity contribution in [2.45, 2.75) is 41.0 Å². The molecular weight excluding hydrogens is 404 g/mol. The van der Waals surface area contributed by atoms with Crippen molar-refractivity contribution >= 4 is 29.1 Å². The Hall–Kier alpha value is -3.19. The van der Waals surface area contributed by atoms with E-state index in [0.717, 1.165) is 40.0 Å². The molecule has 0 heterocycles. The molecule has 0 aliphatic carbocycles. The van der Waals surface area contributed by atoms with Crippen LogP contribution in [0, 0.1) is 27.7 Å². The summed E-state index contributed by atoms with van der Waals surface area (Å²) in [5.41, 5.74) is 5.34. The molecule has 2 aromatic carbocycles. The largest absolute Gasteiger partial charge is 0.355 e. The lowest BCUT2D eigenvalue weighted by Gasteiger charge is -2.22. The van der Waals surface area contributed by atoms with Gasteiger partial charge in [-0.25, -0.2) is 0 Å². The quantitative estimate of drug-likeness (QED) is 0.531. The van der Waals surface area contributed by atoms with E-state index in [2.05, 4.69) is 16.0 Å². The van der Waals surface area contributed by atoms with Gasteiger partial charge in [0, 0.05) is 17.9 Å². The van der Waals surface area contributed by atoms with E-state index in [1.54, 1.807) is 4.90 Å². The van der Waals surface area contributed by atoms with Crippen molar-refractivity contribution < 1.29 is 14.4 Å². The number of carbonyl (C=O) groups excluding carboxylic acids is 3. The maximum Gasteiger partial charge on any atom is 0.238 e. The molecule has 0 atom stereocenters. The predicted octanol–water partition coefficient (Wildman–Crippen LogP) is 3.33.